The summed E-state index contributed by atoms with van der Waals surface area (Å²) in [4.78, 5) is 15.2. The van der Waals surface area contributed by atoms with Gasteiger partial charge >= 0.3 is 0 Å². The second-order valence-corrected chi connectivity index (χ2v) is 8.24. The van der Waals surface area contributed by atoms with Gasteiger partial charge in [0.15, 0.2) is 0 Å². The lowest BCUT2D eigenvalue weighted by molar-refractivity contribution is 0.241. The Morgan fingerprint density at radius 2 is 1.67 bits per heavy atom. The van der Waals surface area contributed by atoms with Crippen LogP contribution in [0.15, 0.2) is 71.5 Å². The maximum atomic E-state index is 13.2. The zero-order valence-electron chi connectivity index (χ0n) is 17.4. The first-order chi connectivity index (χ1) is 14.4. The molecule has 30 heavy (non-hydrogen) atoms. The summed E-state index contributed by atoms with van der Waals surface area (Å²) < 4.78 is 1.56. The molecular weight excluding hydrogens is 394 g/mol. The highest BCUT2D eigenvalue weighted by atomic mass is 35.5. The van der Waals surface area contributed by atoms with E-state index in [2.05, 4.69) is 36.9 Å². The van der Waals surface area contributed by atoms with Gasteiger partial charge in [-0.15, -0.1) is 0 Å². The van der Waals surface area contributed by atoms with Gasteiger partial charge in [0.25, 0.3) is 5.56 Å². The topological polar surface area (TPSA) is 38.1 Å². The molecule has 0 unspecified atom stereocenters. The molecule has 0 saturated heterocycles. The Kier molecular flexibility index (Phi) is 5.71. The van der Waals surface area contributed by atoms with Gasteiger partial charge in [-0.1, -0.05) is 59.6 Å². The average Bonchev–Trinajstić information content (AvgIpc) is 2.74. The molecule has 0 atom stereocenters. The van der Waals surface area contributed by atoms with Gasteiger partial charge in [0.2, 0.25) is 0 Å². The van der Waals surface area contributed by atoms with E-state index in [1.54, 1.807) is 4.68 Å². The van der Waals surface area contributed by atoms with E-state index >= 15 is 0 Å². The monoisotopic (exact) mass is 417 g/mol. The summed E-state index contributed by atoms with van der Waals surface area (Å²) in [6, 6.07) is 21.8. The molecule has 3 aromatic carbocycles. The molecule has 4 rings (SSSR count). The number of fused-ring (bicyclic) bond motifs is 1. The van der Waals surface area contributed by atoms with Gasteiger partial charge in [-0.2, -0.15) is 5.10 Å². The predicted octanol–water partition coefficient (Wildman–Crippen LogP) is 5.42. The van der Waals surface area contributed by atoms with Crippen LogP contribution in [-0.2, 0) is 13.2 Å². The molecule has 0 bridgehead atoms. The second-order valence-electron chi connectivity index (χ2n) is 7.80. The van der Waals surface area contributed by atoms with Gasteiger partial charge < -0.3 is 0 Å². The van der Waals surface area contributed by atoms with Crippen molar-refractivity contribution in [2.45, 2.75) is 27.1 Å². The van der Waals surface area contributed by atoms with Crippen molar-refractivity contribution >= 4 is 22.4 Å². The Bertz CT molecular complexity index is 1260. The quantitative estimate of drug-likeness (QED) is 0.435. The molecule has 1 heterocycles. The number of benzene rings is 3. The number of hydrogen-bond donors (Lipinski definition) is 0. The Labute approximate surface area is 181 Å². The lowest BCUT2D eigenvalue weighted by Crippen LogP contribution is -2.32. The molecule has 0 radical (unpaired) electrons. The Balaban J connectivity index is 1.77. The summed E-state index contributed by atoms with van der Waals surface area (Å²) in [7, 11) is 1.98. The molecule has 4 aromatic rings. The molecule has 1 aromatic heterocycles. The van der Waals surface area contributed by atoms with Crippen molar-refractivity contribution in [1.82, 2.24) is 14.7 Å². The smallest absolute Gasteiger partial charge is 0.275 e. The summed E-state index contributed by atoms with van der Waals surface area (Å²) in [6.07, 6.45) is 0. The second kappa shape index (κ2) is 8.42. The summed E-state index contributed by atoms with van der Waals surface area (Å²) in [6.45, 7) is 5.23. The zero-order valence-corrected chi connectivity index (χ0v) is 18.1. The molecule has 152 valence electrons. The van der Waals surface area contributed by atoms with Gasteiger partial charge in [-0.25, -0.2) is 4.68 Å². The van der Waals surface area contributed by atoms with E-state index in [1.165, 1.54) is 5.56 Å². The Morgan fingerprint density at radius 3 is 2.40 bits per heavy atom. The molecule has 0 aliphatic heterocycles. The van der Waals surface area contributed by atoms with Crippen molar-refractivity contribution in [2.24, 2.45) is 0 Å². The first kappa shape index (κ1) is 20.3. The molecule has 5 heteroatoms. The Hall–Kier alpha value is -2.95. The lowest BCUT2D eigenvalue weighted by Gasteiger charge is -2.19. The highest BCUT2D eigenvalue weighted by molar-refractivity contribution is 6.30. The standard InChI is InChI=1S/C25H24ClN3O/c1-17-8-9-18(2)23(14-17)24-21-6-4-5-7-22(21)25(30)29(27-24)16-28(3)15-19-10-12-20(26)13-11-19/h4-14H,15-16H2,1-3H3. The van der Waals surface area contributed by atoms with Crippen LogP contribution < -0.4 is 5.56 Å². The number of nitrogens with zero attached hydrogens (tertiary/aromatic N) is 3. The largest absolute Gasteiger partial charge is 0.283 e. The molecule has 0 saturated carbocycles. The maximum Gasteiger partial charge on any atom is 0.275 e. The maximum absolute atomic E-state index is 13.2. The summed E-state index contributed by atoms with van der Waals surface area (Å²) >= 11 is 5.98. The van der Waals surface area contributed by atoms with Crippen LogP contribution in [-0.4, -0.2) is 21.7 Å². The molecule has 0 fully saturated rings. The molecular formula is C25H24ClN3O. The van der Waals surface area contributed by atoms with Gasteiger partial charge in [0.05, 0.1) is 17.7 Å². The van der Waals surface area contributed by atoms with Crippen LogP contribution in [0, 0.1) is 13.8 Å². The molecule has 0 amide bonds. The van der Waals surface area contributed by atoms with Crippen LogP contribution in [0.5, 0.6) is 0 Å². The van der Waals surface area contributed by atoms with Crippen LogP contribution >= 0.6 is 11.6 Å². The predicted molar refractivity (Wildman–Crippen MR) is 124 cm³/mol. The molecule has 0 spiro atoms. The van der Waals surface area contributed by atoms with Crippen LogP contribution in [0.25, 0.3) is 22.0 Å². The van der Waals surface area contributed by atoms with E-state index in [0.717, 1.165) is 27.8 Å². The normalized spacial score (nSPS) is 11.4. The zero-order chi connectivity index (χ0) is 21.3. The van der Waals surface area contributed by atoms with Crippen LogP contribution in [0.2, 0.25) is 5.02 Å². The average molecular weight is 418 g/mol. The number of aryl methyl sites for hydroxylation is 2. The van der Waals surface area contributed by atoms with Gasteiger partial charge in [-0.05, 0) is 56.3 Å². The van der Waals surface area contributed by atoms with Crippen molar-refractivity contribution in [3.05, 3.63) is 98.8 Å². The summed E-state index contributed by atoms with van der Waals surface area (Å²) in [5, 5.41) is 7.09. The highest BCUT2D eigenvalue weighted by Gasteiger charge is 2.15. The SMILES string of the molecule is Cc1ccc(C)c(-c2nn(CN(C)Cc3ccc(Cl)cc3)c(=O)c3ccccc23)c1. The van der Waals surface area contributed by atoms with Crippen molar-refractivity contribution in [3.8, 4) is 11.3 Å². The van der Waals surface area contributed by atoms with Crippen molar-refractivity contribution in [1.29, 1.82) is 0 Å². The van der Waals surface area contributed by atoms with Gasteiger partial charge in [-0.3, -0.25) is 9.69 Å². The van der Waals surface area contributed by atoms with E-state index in [1.807, 2.05) is 55.6 Å². The van der Waals surface area contributed by atoms with Crippen LogP contribution in [0.4, 0.5) is 0 Å². The van der Waals surface area contributed by atoms with E-state index in [0.29, 0.717) is 23.6 Å². The minimum Gasteiger partial charge on any atom is -0.283 e. The third-order valence-electron chi connectivity index (χ3n) is 5.26. The van der Waals surface area contributed by atoms with E-state index in [9.17, 15) is 4.79 Å². The van der Waals surface area contributed by atoms with E-state index in [-0.39, 0.29) is 5.56 Å². The van der Waals surface area contributed by atoms with Crippen molar-refractivity contribution < 1.29 is 0 Å². The van der Waals surface area contributed by atoms with Crippen molar-refractivity contribution in [2.75, 3.05) is 7.05 Å². The van der Waals surface area contributed by atoms with Crippen molar-refractivity contribution in [3.63, 3.8) is 0 Å². The minimum atomic E-state index is -0.0809. The fourth-order valence-corrected chi connectivity index (χ4v) is 3.83. The van der Waals surface area contributed by atoms with E-state index in [4.69, 9.17) is 16.7 Å². The fourth-order valence-electron chi connectivity index (χ4n) is 3.70. The molecule has 0 aliphatic carbocycles. The number of aromatic nitrogens is 2. The third kappa shape index (κ3) is 4.16. The lowest BCUT2D eigenvalue weighted by atomic mass is 9.99. The van der Waals surface area contributed by atoms with Crippen LogP contribution in [0.3, 0.4) is 0 Å². The number of rotatable bonds is 5. The minimum absolute atomic E-state index is 0.0809. The van der Waals surface area contributed by atoms with Gasteiger partial charge in [0, 0.05) is 22.5 Å². The summed E-state index contributed by atoms with van der Waals surface area (Å²) in [5.41, 5.74) is 5.25. The highest BCUT2D eigenvalue weighted by Crippen LogP contribution is 2.28. The number of hydrogen-bond acceptors (Lipinski definition) is 3. The Morgan fingerprint density at radius 1 is 0.967 bits per heavy atom. The molecule has 0 N–H and O–H groups in total. The molecule has 0 aliphatic rings. The van der Waals surface area contributed by atoms with E-state index < -0.39 is 0 Å². The first-order valence-electron chi connectivity index (χ1n) is 9.93. The summed E-state index contributed by atoms with van der Waals surface area (Å²) in [5.74, 6) is 0. The fraction of sp³-hybridized carbons (Fsp3) is 0.200. The van der Waals surface area contributed by atoms with Crippen LogP contribution in [0.1, 0.15) is 16.7 Å². The third-order valence-corrected chi connectivity index (χ3v) is 5.51. The number of halogens is 1. The van der Waals surface area contributed by atoms with Gasteiger partial charge in [0.1, 0.15) is 0 Å². The first-order valence-corrected chi connectivity index (χ1v) is 10.3. The molecule has 4 nitrogen and oxygen atoms in total.